The first kappa shape index (κ1) is 14.5. The summed E-state index contributed by atoms with van der Waals surface area (Å²) in [5, 5.41) is 6.29. The number of ether oxygens (including phenoxy) is 1. The Morgan fingerprint density at radius 1 is 1.26 bits per heavy atom. The van der Waals surface area contributed by atoms with Gasteiger partial charge in [-0.25, -0.2) is 0 Å². The number of rotatable bonds is 6. The minimum absolute atomic E-state index is 0.0442. The van der Waals surface area contributed by atoms with E-state index in [-0.39, 0.29) is 12.1 Å². The van der Waals surface area contributed by atoms with E-state index in [1.54, 1.807) is 18.4 Å². The second-order valence-corrected chi connectivity index (χ2v) is 5.59. The van der Waals surface area contributed by atoms with Gasteiger partial charge in [0.1, 0.15) is 6.10 Å². The van der Waals surface area contributed by atoms with Crippen LogP contribution in [-0.4, -0.2) is 13.7 Å². The summed E-state index contributed by atoms with van der Waals surface area (Å²) < 4.78 is 5.72. The van der Waals surface area contributed by atoms with E-state index in [0.717, 1.165) is 22.0 Å². The second-order valence-electron chi connectivity index (χ2n) is 4.24. The molecule has 0 radical (unpaired) electrons. The molecule has 2 atom stereocenters. The highest BCUT2D eigenvalue weighted by molar-refractivity contribution is 7.10. The predicted molar refractivity (Wildman–Crippen MR) is 81.9 cm³/mol. The third-order valence-electron chi connectivity index (χ3n) is 3.04. The Bertz CT molecular complexity index is 500. The summed E-state index contributed by atoms with van der Waals surface area (Å²) in [7, 11) is 1.74. The van der Waals surface area contributed by atoms with Crippen LogP contribution in [0.1, 0.15) is 29.5 Å². The number of benzene rings is 1. The molecule has 1 heterocycles. The first-order chi connectivity index (χ1) is 9.27. The van der Waals surface area contributed by atoms with E-state index >= 15 is 0 Å². The van der Waals surface area contributed by atoms with Crippen LogP contribution in [0.4, 0.5) is 0 Å². The monoisotopic (exact) mass is 295 g/mol. The zero-order valence-electron chi connectivity index (χ0n) is 11.1. The van der Waals surface area contributed by atoms with Gasteiger partial charge in [0.2, 0.25) is 0 Å². The van der Waals surface area contributed by atoms with Crippen molar-refractivity contribution in [3.05, 3.63) is 57.2 Å². The largest absolute Gasteiger partial charge is 0.375 e. The molecule has 1 N–H and O–H groups in total. The standard InChI is InChI=1S/C15H18ClNOS/c1-3-17-13(15-12(16)9-10-19-15)14(18-2)11-7-5-4-6-8-11/h4-10,13-14,17H,3H2,1-2H3. The van der Waals surface area contributed by atoms with Crippen LogP contribution in [0.25, 0.3) is 0 Å². The molecular formula is C15H18ClNOS. The molecule has 2 unspecified atom stereocenters. The summed E-state index contributed by atoms with van der Waals surface area (Å²) in [6.07, 6.45) is -0.0442. The molecule has 2 nitrogen and oxygen atoms in total. The van der Waals surface area contributed by atoms with E-state index in [9.17, 15) is 0 Å². The lowest BCUT2D eigenvalue weighted by Gasteiger charge is -2.26. The molecule has 0 bridgehead atoms. The molecule has 1 aromatic carbocycles. The normalized spacial score (nSPS) is 14.3. The topological polar surface area (TPSA) is 21.3 Å². The Hall–Kier alpha value is -0.870. The fourth-order valence-corrected chi connectivity index (χ4v) is 3.47. The number of nitrogens with one attached hydrogen (secondary N) is 1. The van der Waals surface area contributed by atoms with Gasteiger partial charge < -0.3 is 10.1 Å². The van der Waals surface area contributed by atoms with Gasteiger partial charge in [-0.15, -0.1) is 11.3 Å². The molecule has 0 aliphatic rings. The minimum Gasteiger partial charge on any atom is -0.375 e. The fourth-order valence-electron chi connectivity index (χ4n) is 2.19. The third kappa shape index (κ3) is 3.37. The van der Waals surface area contributed by atoms with Crippen molar-refractivity contribution >= 4 is 22.9 Å². The van der Waals surface area contributed by atoms with E-state index in [4.69, 9.17) is 16.3 Å². The van der Waals surface area contributed by atoms with Gasteiger partial charge in [-0.1, -0.05) is 48.9 Å². The predicted octanol–water partition coefficient (Wildman–Crippen LogP) is 4.44. The maximum atomic E-state index is 6.27. The van der Waals surface area contributed by atoms with E-state index in [0.29, 0.717) is 0 Å². The van der Waals surface area contributed by atoms with Crippen molar-refractivity contribution in [2.45, 2.75) is 19.1 Å². The highest BCUT2D eigenvalue weighted by atomic mass is 35.5. The van der Waals surface area contributed by atoms with Crippen molar-refractivity contribution in [3.8, 4) is 0 Å². The molecule has 0 aliphatic carbocycles. The van der Waals surface area contributed by atoms with Crippen molar-refractivity contribution in [1.82, 2.24) is 5.32 Å². The van der Waals surface area contributed by atoms with Crippen LogP contribution in [0.2, 0.25) is 5.02 Å². The summed E-state index contributed by atoms with van der Waals surface area (Å²) in [5.74, 6) is 0. The molecule has 4 heteroatoms. The Labute approximate surface area is 123 Å². The number of halogens is 1. The van der Waals surface area contributed by atoms with E-state index in [2.05, 4.69) is 24.4 Å². The van der Waals surface area contributed by atoms with Crippen LogP contribution in [0.15, 0.2) is 41.8 Å². The summed E-state index contributed by atoms with van der Waals surface area (Å²) in [5.41, 5.74) is 1.15. The smallest absolute Gasteiger partial charge is 0.102 e. The maximum absolute atomic E-state index is 6.27. The number of hydrogen-bond acceptors (Lipinski definition) is 3. The maximum Gasteiger partial charge on any atom is 0.102 e. The quantitative estimate of drug-likeness (QED) is 0.850. The molecule has 0 aliphatic heterocycles. The van der Waals surface area contributed by atoms with Crippen LogP contribution in [-0.2, 0) is 4.74 Å². The lowest BCUT2D eigenvalue weighted by Crippen LogP contribution is -2.27. The molecule has 0 saturated carbocycles. The summed E-state index contributed by atoms with van der Waals surface area (Å²) in [6, 6.07) is 12.2. The van der Waals surface area contributed by atoms with Crippen molar-refractivity contribution < 1.29 is 4.74 Å². The van der Waals surface area contributed by atoms with Gasteiger partial charge in [0, 0.05) is 12.0 Å². The molecular weight excluding hydrogens is 278 g/mol. The highest BCUT2D eigenvalue weighted by Crippen LogP contribution is 2.38. The van der Waals surface area contributed by atoms with E-state index < -0.39 is 0 Å². The van der Waals surface area contributed by atoms with Crippen molar-refractivity contribution in [2.75, 3.05) is 13.7 Å². The van der Waals surface area contributed by atoms with Crippen molar-refractivity contribution in [3.63, 3.8) is 0 Å². The van der Waals surface area contributed by atoms with Gasteiger partial charge in [-0.05, 0) is 23.6 Å². The summed E-state index contributed by atoms with van der Waals surface area (Å²) in [6.45, 7) is 2.96. The molecule has 0 saturated heterocycles. The zero-order valence-corrected chi connectivity index (χ0v) is 12.7. The zero-order chi connectivity index (χ0) is 13.7. The molecule has 2 aromatic rings. The average molecular weight is 296 g/mol. The number of thiophene rings is 1. The number of likely N-dealkylation sites (N-methyl/N-ethyl adjacent to an activating group) is 1. The molecule has 0 amide bonds. The SMILES string of the molecule is CCNC(c1sccc1Cl)C(OC)c1ccccc1. The highest BCUT2D eigenvalue weighted by Gasteiger charge is 2.26. The van der Waals surface area contributed by atoms with Gasteiger partial charge in [0.25, 0.3) is 0 Å². The van der Waals surface area contributed by atoms with Crippen molar-refractivity contribution in [1.29, 1.82) is 0 Å². The molecule has 1 aromatic heterocycles. The fraction of sp³-hybridized carbons (Fsp3) is 0.333. The Morgan fingerprint density at radius 3 is 2.53 bits per heavy atom. The van der Waals surface area contributed by atoms with Gasteiger partial charge >= 0.3 is 0 Å². The lowest BCUT2D eigenvalue weighted by molar-refractivity contribution is 0.0693. The average Bonchev–Trinajstić information content (AvgIpc) is 2.86. The van der Waals surface area contributed by atoms with Gasteiger partial charge in [0.05, 0.1) is 11.1 Å². The number of methoxy groups -OCH3 is 1. The molecule has 2 rings (SSSR count). The van der Waals surface area contributed by atoms with Crippen LogP contribution < -0.4 is 5.32 Å². The van der Waals surface area contributed by atoms with Gasteiger partial charge in [-0.3, -0.25) is 0 Å². The third-order valence-corrected chi connectivity index (χ3v) is 4.48. The molecule has 102 valence electrons. The molecule has 19 heavy (non-hydrogen) atoms. The van der Waals surface area contributed by atoms with Gasteiger partial charge in [-0.2, -0.15) is 0 Å². The molecule has 0 spiro atoms. The minimum atomic E-state index is -0.0442. The van der Waals surface area contributed by atoms with E-state index in [1.165, 1.54) is 0 Å². The lowest BCUT2D eigenvalue weighted by atomic mass is 10.0. The van der Waals surface area contributed by atoms with Crippen LogP contribution >= 0.6 is 22.9 Å². The second kappa shape index (κ2) is 7.06. The number of hydrogen-bond donors (Lipinski definition) is 1. The van der Waals surface area contributed by atoms with Crippen LogP contribution in [0, 0.1) is 0 Å². The summed E-state index contributed by atoms with van der Waals surface area (Å²) >= 11 is 7.94. The Morgan fingerprint density at radius 2 is 2.00 bits per heavy atom. The van der Waals surface area contributed by atoms with Crippen LogP contribution in [0.5, 0.6) is 0 Å². The van der Waals surface area contributed by atoms with Crippen molar-refractivity contribution in [2.24, 2.45) is 0 Å². The first-order valence-electron chi connectivity index (χ1n) is 6.32. The van der Waals surface area contributed by atoms with Crippen LogP contribution in [0.3, 0.4) is 0 Å². The van der Waals surface area contributed by atoms with Gasteiger partial charge in [0.15, 0.2) is 0 Å². The summed E-state index contributed by atoms with van der Waals surface area (Å²) in [4.78, 5) is 1.12. The molecule has 0 fully saturated rings. The first-order valence-corrected chi connectivity index (χ1v) is 7.57. The van der Waals surface area contributed by atoms with E-state index in [1.807, 2.05) is 29.6 Å². The Kier molecular flexibility index (Phi) is 5.40. The Balaban J connectivity index is 2.34.